The standard InChI is InChI=1S/C37H32Cl2N4O2/c1-6-34(44)41-17-18-42(23(4)21-41)36-29-19-31(39)28(26-15-16-30(38)27-13-8-7-12-25(26)27)20-33(29)43(37(45)35(36)40-5)32-14-10-9-11-24(32)22(2)3/h6-16,19-20,22-23H,1,17-18,21H2,2-4H3/t23-/m0/s1. The van der Waals surface area contributed by atoms with Crippen molar-refractivity contribution in [3.05, 3.63) is 123 Å². The second kappa shape index (κ2) is 12.1. The van der Waals surface area contributed by atoms with Gasteiger partial charge in [-0.05, 0) is 59.7 Å². The van der Waals surface area contributed by atoms with E-state index in [4.69, 9.17) is 29.8 Å². The number of rotatable bonds is 5. The minimum atomic E-state index is -0.397. The quantitative estimate of drug-likeness (QED) is 0.143. The maximum absolute atomic E-state index is 14.6. The molecular weight excluding hydrogens is 603 g/mol. The highest BCUT2D eigenvalue weighted by Gasteiger charge is 2.31. The number of piperazine rings is 1. The van der Waals surface area contributed by atoms with Crippen LogP contribution in [0.5, 0.6) is 0 Å². The van der Waals surface area contributed by atoms with Gasteiger partial charge in [0.15, 0.2) is 0 Å². The Bertz CT molecular complexity index is 2110. The number of pyridine rings is 1. The Labute approximate surface area is 272 Å². The Hall–Kier alpha value is -4.57. The van der Waals surface area contributed by atoms with Crippen LogP contribution in [0.1, 0.15) is 32.3 Å². The zero-order valence-electron chi connectivity index (χ0n) is 25.3. The molecule has 6 nitrogen and oxygen atoms in total. The Morgan fingerprint density at radius 1 is 0.956 bits per heavy atom. The lowest BCUT2D eigenvalue weighted by molar-refractivity contribution is -0.126. The SMILES string of the molecule is [C-]#[N+]c1c(N2CCN(C(=O)C=C)C[C@@H]2C)c2cc(Cl)c(-c3ccc(Cl)c4ccccc34)cc2n(-c2ccccc2C(C)C)c1=O. The van der Waals surface area contributed by atoms with Crippen molar-refractivity contribution in [3.63, 3.8) is 0 Å². The fourth-order valence-corrected chi connectivity index (χ4v) is 7.01. The van der Waals surface area contributed by atoms with Crippen molar-refractivity contribution in [1.82, 2.24) is 9.47 Å². The van der Waals surface area contributed by atoms with Crippen molar-refractivity contribution in [3.8, 4) is 16.8 Å². The molecule has 0 radical (unpaired) electrons. The van der Waals surface area contributed by atoms with Crippen LogP contribution in [0.4, 0.5) is 11.4 Å². The zero-order valence-corrected chi connectivity index (χ0v) is 26.9. The van der Waals surface area contributed by atoms with Gasteiger partial charge in [-0.15, -0.1) is 0 Å². The van der Waals surface area contributed by atoms with Crippen molar-refractivity contribution in [2.45, 2.75) is 32.7 Å². The van der Waals surface area contributed by atoms with E-state index in [0.717, 1.165) is 33.2 Å². The third-order valence-corrected chi connectivity index (χ3v) is 9.33. The molecule has 5 aromatic rings. The normalized spacial score (nSPS) is 15.1. The molecule has 2 heterocycles. The van der Waals surface area contributed by atoms with E-state index in [2.05, 4.69) is 30.2 Å². The number of hydrogen-bond donors (Lipinski definition) is 0. The van der Waals surface area contributed by atoms with Crippen LogP contribution in [-0.4, -0.2) is 41.1 Å². The highest BCUT2D eigenvalue weighted by Crippen LogP contribution is 2.44. The smallest absolute Gasteiger partial charge is 0.274 e. The number of carbonyl (C=O) groups excluding carboxylic acids is 1. The summed E-state index contributed by atoms with van der Waals surface area (Å²) in [5.74, 6) is -0.0120. The highest BCUT2D eigenvalue weighted by molar-refractivity contribution is 6.37. The van der Waals surface area contributed by atoms with Gasteiger partial charge in [0.25, 0.3) is 11.2 Å². The zero-order chi connectivity index (χ0) is 32.0. The minimum Gasteiger partial charge on any atom is -0.373 e. The molecule has 226 valence electrons. The molecule has 6 rings (SSSR count). The number of amides is 1. The van der Waals surface area contributed by atoms with Crippen LogP contribution in [0.25, 0.3) is 43.3 Å². The Kier molecular flexibility index (Phi) is 8.18. The van der Waals surface area contributed by atoms with E-state index >= 15 is 0 Å². The van der Waals surface area contributed by atoms with Gasteiger partial charge in [-0.2, -0.15) is 0 Å². The lowest BCUT2D eigenvalue weighted by Crippen LogP contribution is -2.53. The number of benzene rings is 4. The number of halogens is 2. The summed E-state index contributed by atoms with van der Waals surface area (Å²) in [5, 5.41) is 3.67. The van der Waals surface area contributed by atoms with E-state index in [1.54, 1.807) is 9.47 Å². The van der Waals surface area contributed by atoms with Gasteiger partial charge in [-0.25, -0.2) is 4.85 Å². The van der Waals surface area contributed by atoms with Gasteiger partial charge in [0.1, 0.15) is 0 Å². The van der Waals surface area contributed by atoms with Gasteiger partial charge in [0.2, 0.25) is 5.91 Å². The molecule has 1 atom stereocenters. The second-order valence-electron chi connectivity index (χ2n) is 11.7. The van der Waals surface area contributed by atoms with Crippen LogP contribution in [0.3, 0.4) is 0 Å². The van der Waals surface area contributed by atoms with Crippen molar-refractivity contribution >= 4 is 62.2 Å². The molecule has 1 saturated heterocycles. The number of para-hydroxylation sites is 1. The average molecular weight is 636 g/mol. The summed E-state index contributed by atoms with van der Waals surface area (Å²) in [7, 11) is 0. The third-order valence-electron chi connectivity index (χ3n) is 8.68. The second-order valence-corrected chi connectivity index (χ2v) is 12.5. The van der Waals surface area contributed by atoms with E-state index < -0.39 is 5.56 Å². The van der Waals surface area contributed by atoms with E-state index in [1.165, 1.54) is 6.08 Å². The molecule has 1 amide bonds. The van der Waals surface area contributed by atoms with E-state index in [0.29, 0.717) is 46.3 Å². The number of fused-ring (bicyclic) bond motifs is 2. The predicted octanol–water partition coefficient (Wildman–Crippen LogP) is 9.01. The van der Waals surface area contributed by atoms with Crippen molar-refractivity contribution < 1.29 is 4.79 Å². The molecule has 4 aromatic carbocycles. The highest BCUT2D eigenvalue weighted by atomic mass is 35.5. The lowest BCUT2D eigenvalue weighted by Gasteiger charge is -2.42. The number of hydrogen-bond acceptors (Lipinski definition) is 3. The summed E-state index contributed by atoms with van der Waals surface area (Å²) in [4.78, 5) is 34.6. The summed E-state index contributed by atoms with van der Waals surface area (Å²) in [5.41, 5.74) is 4.16. The van der Waals surface area contributed by atoms with E-state index in [9.17, 15) is 9.59 Å². The van der Waals surface area contributed by atoms with Crippen molar-refractivity contribution in [1.29, 1.82) is 0 Å². The molecule has 0 aliphatic carbocycles. The maximum Gasteiger partial charge on any atom is 0.274 e. The lowest BCUT2D eigenvalue weighted by atomic mass is 9.95. The first-order valence-corrected chi connectivity index (χ1v) is 15.7. The first kappa shape index (κ1) is 30.5. The Balaban J connectivity index is 1.71. The number of carbonyl (C=O) groups is 1. The largest absolute Gasteiger partial charge is 0.373 e. The van der Waals surface area contributed by atoms with Crippen LogP contribution < -0.4 is 10.5 Å². The first-order chi connectivity index (χ1) is 21.7. The molecule has 0 saturated carbocycles. The van der Waals surface area contributed by atoms with Crippen molar-refractivity contribution in [2.24, 2.45) is 0 Å². The van der Waals surface area contributed by atoms with Gasteiger partial charge in [0.05, 0.1) is 23.5 Å². The van der Waals surface area contributed by atoms with Crippen LogP contribution in [0.15, 0.2) is 90.2 Å². The molecule has 8 heteroatoms. The summed E-state index contributed by atoms with van der Waals surface area (Å²) in [6, 6.07) is 23.2. The van der Waals surface area contributed by atoms with Gasteiger partial charge in [0, 0.05) is 52.1 Å². The van der Waals surface area contributed by atoms with Crippen LogP contribution in [0, 0.1) is 6.57 Å². The predicted molar refractivity (Wildman–Crippen MR) is 186 cm³/mol. The van der Waals surface area contributed by atoms with E-state index in [-0.39, 0.29) is 23.6 Å². The minimum absolute atomic E-state index is 0.0252. The molecule has 1 aliphatic rings. The summed E-state index contributed by atoms with van der Waals surface area (Å²) in [6.45, 7) is 19.4. The monoisotopic (exact) mass is 634 g/mol. The number of anilines is 1. The maximum atomic E-state index is 14.6. The van der Waals surface area contributed by atoms with Crippen molar-refractivity contribution in [2.75, 3.05) is 24.5 Å². The van der Waals surface area contributed by atoms with Gasteiger partial charge in [-0.1, -0.05) is 92.2 Å². The Morgan fingerprint density at radius 2 is 1.67 bits per heavy atom. The fourth-order valence-electron chi connectivity index (χ4n) is 6.51. The molecular formula is C37H32Cl2N4O2. The van der Waals surface area contributed by atoms with Crippen LogP contribution in [0.2, 0.25) is 10.0 Å². The summed E-state index contributed by atoms with van der Waals surface area (Å²) < 4.78 is 1.67. The van der Waals surface area contributed by atoms with Crippen LogP contribution in [-0.2, 0) is 4.79 Å². The molecule has 45 heavy (non-hydrogen) atoms. The summed E-state index contributed by atoms with van der Waals surface area (Å²) in [6.07, 6.45) is 1.32. The molecule has 0 unspecified atom stereocenters. The van der Waals surface area contributed by atoms with Gasteiger partial charge < -0.3 is 9.80 Å². The molecule has 1 aromatic heterocycles. The third kappa shape index (κ3) is 5.16. The molecule has 1 aliphatic heterocycles. The molecule has 0 spiro atoms. The fraction of sp³-hybridized carbons (Fsp3) is 0.216. The topological polar surface area (TPSA) is 49.9 Å². The van der Waals surface area contributed by atoms with Gasteiger partial charge >= 0.3 is 0 Å². The molecule has 0 bridgehead atoms. The molecule has 0 N–H and O–H groups in total. The van der Waals surface area contributed by atoms with Gasteiger partial charge in [-0.3, -0.25) is 14.2 Å². The van der Waals surface area contributed by atoms with E-state index in [1.807, 2.05) is 79.7 Å². The van der Waals surface area contributed by atoms with Crippen LogP contribution >= 0.6 is 23.2 Å². The summed E-state index contributed by atoms with van der Waals surface area (Å²) >= 11 is 13.7. The number of nitrogens with zero attached hydrogens (tertiary/aromatic N) is 4. The number of aromatic nitrogens is 1. The Morgan fingerprint density at radius 3 is 2.36 bits per heavy atom. The average Bonchev–Trinajstić information content (AvgIpc) is 3.04. The molecule has 1 fully saturated rings. The first-order valence-electron chi connectivity index (χ1n) is 14.9.